The zero-order valence-electron chi connectivity index (χ0n) is 18.0. The van der Waals surface area contributed by atoms with Crippen LogP contribution in [-0.2, 0) is 6.42 Å². The first-order chi connectivity index (χ1) is 15.7. The molecule has 174 valence electrons. The topological polar surface area (TPSA) is 45.0 Å². The van der Waals surface area contributed by atoms with Gasteiger partial charge in [0, 0.05) is 11.1 Å². The van der Waals surface area contributed by atoms with Gasteiger partial charge in [0.1, 0.15) is 5.75 Å². The fourth-order valence-corrected chi connectivity index (χ4v) is 6.41. The summed E-state index contributed by atoms with van der Waals surface area (Å²) in [7, 11) is 0. The number of halogens is 5. The Kier molecular flexibility index (Phi) is 5.29. The van der Waals surface area contributed by atoms with E-state index in [1.54, 1.807) is 6.07 Å². The molecule has 3 nitrogen and oxygen atoms in total. The summed E-state index contributed by atoms with van der Waals surface area (Å²) < 4.78 is 67.9. The molecule has 0 heterocycles. The summed E-state index contributed by atoms with van der Waals surface area (Å²) in [5.41, 5.74) is 2.01. The molecule has 0 bridgehead atoms. The lowest BCUT2D eigenvalue weighted by atomic mass is 9.55. The zero-order chi connectivity index (χ0) is 23.5. The number of phenols is 1. The average molecular weight is 462 g/mol. The van der Waals surface area contributed by atoms with Gasteiger partial charge >= 0.3 is 0 Å². The van der Waals surface area contributed by atoms with Crippen molar-refractivity contribution < 1.29 is 27.1 Å². The number of fused-ring (bicyclic) bond motifs is 5. The molecule has 1 N–H and O–H groups in total. The van der Waals surface area contributed by atoms with Gasteiger partial charge in [-0.05, 0) is 79.5 Å². The second-order valence-corrected chi connectivity index (χ2v) is 9.57. The summed E-state index contributed by atoms with van der Waals surface area (Å²) in [5, 5.41) is 17.8. The summed E-state index contributed by atoms with van der Waals surface area (Å²) in [4.78, 5) is 0. The first-order valence-electron chi connectivity index (χ1n) is 11.2. The van der Waals surface area contributed by atoms with Crippen LogP contribution in [0.1, 0.15) is 61.6 Å². The van der Waals surface area contributed by atoms with E-state index in [0.717, 1.165) is 37.8 Å². The van der Waals surface area contributed by atoms with Gasteiger partial charge in [0.15, 0.2) is 23.3 Å². The molecule has 8 heteroatoms. The van der Waals surface area contributed by atoms with E-state index in [4.69, 9.17) is 0 Å². The van der Waals surface area contributed by atoms with Gasteiger partial charge in [0.25, 0.3) is 0 Å². The fraction of sp³-hybridized carbons (Fsp3) is 0.440. The number of hydrogen-bond donors (Lipinski definition) is 1. The largest absolute Gasteiger partial charge is 0.508 e. The Labute approximate surface area is 188 Å². The lowest BCUT2D eigenvalue weighted by molar-refractivity contribution is 0.0955. The van der Waals surface area contributed by atoms with E-state index >= 15 is 0 Å². The molecule has 0 radical (unpaired) electrons. The van der Waals surface area contributed by atoms with Crippen LogP contribution in [0.15, 0.2) is 28.4 Å². The molecule has 0 saturated heterocycles. The van der Waals surface area contributed by atoms with E-state index < -0.39 is 34.6 Å². The monoisotopic (exact) mass is 462 g/mol. The molecule has 2 fully saturated rings. The van der Waals surface area contributed by atoms with Crippen molar-refractivity contribution in [1.82, 2.24) is 0 Å². The van der Waals surface area contributed by atoms with Crippen LogP contribution in [0.3, 0.4) is 0 Å². The van der Waals surface area contributed by atoms with Gasteiger partial charge < -0.3 is 5.11 Å². The van der Waals surface area contributed by atoms with E-state index in [9.17, 15) is 27.1 Å². The van der Waals surface area contributed by atoms with E-state index in [1.165, 1.54) is 11.1 Å². The van der Waals surface area contributed by atoms with Crippen LogP contribution < -0.4 is 0 Å². The predicted molar refractivity (Wildman–Crippen MR) is 114 cm³/mol. The Morgan fingerprint density at radius 1 is 0.939 bits per heavy atom. The molecule has 3 aliphatic carbocycles. The lowest BCUT2D eigenvalue weighted by Gasteiger charge is -2.49. The molecule has 5 rings (SSSR count). The summed E-state index contributed by atoms with van der Waals surface area (Å²) in [6.07, 6.45) is 5.95. The Balaban J connectivity index is 1.41. The molecule has 33 heavy (non-hydrogen) atoms. The molecule has 4 atom stereocenters. The quantitative estimate of drug-likeness (QED) is 0.181. The summed E-state index contributed by atoms with van der Waals surface area (Å²) in [6, 6.07) is 5.63. The molecule has 2 aromatic rings. The second kappa shape index (κ2) is 7.92. The third-order valence-electron chi connectivity index (χ3n) is 8.06. The number of aromatic hydroxyl groups is 1. The van der Waals surface area contributed by atoms with Crippen LogP contribution in [0.2, 0.25) is 0 Å². The zero-order valence-corrected chi connectivity index (χ0v) is 18.0. The van der Waals surface area contributed by atoms with Crippen LogP contribution in [0, 0.1) is 46.3 Å². The molecule has 0 spiro atoms. The Morgan fingerprint density at radius 2 is 1.64 bits per heavy atom. The second-order valence-electron chi connectivity index (χ2n) is 9.57. The normalized spacial score (nSPS) is 29.9. The van der Waals surface area contributed by atoms with E-state index in [-0.39, 0.29) is 11.2 Å². The molecule has 0 aromatic heterocycles. The van der Waals surface area contributed by atoms with E-state index in [2.05, 4.69) is 17.1 Å². The number of nitrogens with zero attached hydrogens (tertiary/aromatic N) is 2. The maximum Gasteiger partial charge on any atom is 0.200 e. The molecule has 0 unspecified atom stereocenters. The van der Waals surface area contributed by atoms with Crippen molar-refractivity contribution in [3.63, 3.8) is 0 Å². The third kappa shape index (κ3) is 3.37. The minimum Gasteiger partial charge on any atom is -0.508 e. The minimum atomic E-state index is -2.19. The lowest BCUT2D eigenvalue weighted by Crippen LogP contribution is -2.42. The molecule has 0 amide bonds. The first-order valence-corrected chi connectivity index (χ1v) is 11.2. The van der Waals surface area contributed by atoms with Crippen LogP contribution >= 0.6 is 0 Å². The fourth-order valence-electron chi connectivity index (χ4n) is 6.41. The van der Waals surface area contributed by atoms with E-state index in [1.807, 2.05) is 12.1 Å². The van der Waals surface area contributed by atoms with Crippen molar-refractivity contribution in [1.29, 1.82) is 0 Å². The van der Waals surface area contributed by atoms with Crippen LogP contribution in [0.25, 0.3) is 0 Å². The summed E-state index contributed by atoms with van der Waals surface area (Å²) in [5.74, 6) is -8.48. The highest BCUT2D eigenvalue weighted by Crippen LogP contribution is 2.60. The number of aryl methyl sites for hydroxylation is 1. The Bertz CT molecular complexity index is 1160. The van der Waals surface area contributed by atoms with E-state index in [0.29, 0.717) is 30.4 Å². The number of hydrogen-bond acceptors (Lipinski definition) is 3. The van der Waals surface area contributed by atoms with Gasteiger partial charge in [-0.15, -0.1) is 0 Å². The maximum atomic E-state index is 13.9. The highest BCUT2D eigenvalue weighted by Gasteiger charge is 2.53. The molecule has 0 aliphatic heterocycles. The average Bonchev–Trinajstić information content (AvgIpc) is 3.14. The van der Waals surface area contributed by atoms with Gasteiger partial charge in [-0.1, -0.05) is 13.0 Å². The van der Waals surface area contributed by atoms with Crippen LogP contribution in [0.5, 0.6) is 5.75 Å². The third-order valence-corrected chi connectivity index (χ3v) is 8.06. The van der Waals surface area contributed by atoms with Crippen LogP contribution in [-0.4, -0.2) is 17.0 Å². The summed E-state index contributed by atoms with van der Waals surface area (Å²) >= 11 is 0. The smallest absolute Gasteiger partial charge is 0.200 e. The molecular weight excluding hydrogens is 439 g/mol. The Hall–Kier alpha value is -2.77. The van der Waals surface area contributed by atoms with Crippen molar-refractivity contribution in [3.8, 4) is 5.75 Å². The van der Waals surface area contributed by atoms with Gasteiger partial charge in [-0.25, -0.2) is 22.0 Å². The maximum absolute atomic E-state index is 13.9. The van der Waals surface area contributed by atoms with Gasteiger partial charge in [0.2, 0.25) is 5.82 Å². The highest BCUT2D eigenvalue weighted by molar-refractivity contribution is 5.93. The van der Waals surface area contributed by atoms with Crippen molar-refractivity contribution >= 4 is 11.9 Å². The molecule has 3 aliphatic rings. The highest BCUT2D eigenvalue weighted by atomic mass is 19.2. The molecule has 2 saturated carbocycles. The van der Waals surface area contributed by atoms with Gasteiger partial charge in [0.05, 0.1) is 11.8 Å². The standard InChI is InChI=1S/C25H23F5N2O/c1-25-9-8-15-14-5-3-13(33)10-12(14)2-4-16(15)18(25)6-7-19(25)32-31-11-17-20(26)22(28)24(30)23(29)21(17)27/h3,5,10-11,15-16,18,33H,2,4,6-9H2,1H3/b31-11-,32-19-/t15-,16+,18-,25+/m1/s1. The number of rotatable bonds is 2. The number of benzene rings is 2. The summed E-state index contributed by atoms with van der Waals surface area (Å²) in [6.45, 7) is 2.14. The minimum absolute atomic E-state index is 0.219. The SMILES string of the molecule is C[C@]12CC[C@@H]3c4ccc(O)cc4CC[C@@H]3[C@H]1CC/C2=N/N=C\c1c(F)c(F)c(F)c(F)c1F. The van der Waals surface area contributed by atoms with Crippen molar-refractivity contribution in [2.75, 3.05) is 0 Å². The molecule has 2 aromatic carbocycles. The Morgan fingerprint density at radius 3 is 2.36 bits per heavy atom. The van der Waals surface area contributed by atoms with Gasteiger partial charge in [-0.2, -0.15) is 10.2 Å². The van der Waals surface area contributed by atoms with Crippen molar-refractivity contribution in [2.24, 2.45) is 27.5 Å². The van der Waals surface area contributed by atoms with Gasteiger partial charge in [-0.3, -0.25) is 0 Å². The predicted octanol–water partition coefficient (Wildman–Crippen LogP) is 6.42. The van der Waals surface area contributed by atoms with Crippen LogP contribution in [0.4, 0.5) is 22.0 Å². The number of phenolic OH excluding ortho intramolecular Hbond substituents is 1. The molecular formula is C25H23F5N2O. The first kappa shape index (κ1) is 22.0. The van der Waals surface area contributed by atoms with Crippen molar-refractivity contribution in [2.45, 2.75) is 51.4 Å². The van der Waals surface area contributed by atoms with Crippen molar-refractivity contribution in [3.05, 3.63) is 64.0 Å².